The maximum absolute atomic E-state index is 13.0. The third-order valence-electron chi connectivity index (χ3n) is 4.49. The Balaban J connectivity index is 1.47. The van der Waals surface area contributed by atoms with Gasteiger partial charge in [0.25, 0.3) is 5.91 Å². The lowest BCUT2D eigenvalue weighted by Crippen LogP contribution is -2.12. The summed E-state index contributed by atoms with van der Waals surface area (Å²) in [7, 11) is 1.58. The van der Waals surface area contributed by atoms with Crippen LogP contribution >= 0.6 is 11.3 Å². The zero-order chi connectivity index (χ0) is 21.6. The highest BCUT2D eigenvalue weighted by molar-refractivity contribution is 7.13. The first-order valence-electron chi connectivity index (χ1n) is 9.50. The minimum atomic E-state index is -0.362. The van der Waals surface area contributed by atoms with Gasteiger partial charge in [-0.1, -0.05) is 30.3 Å². The fourth-order valence-electron chi connectivity index (χ4n) is 2.89. The highest BCUT2D eigenvalue weighted by Gasteiger charge is 2.14. The van der Waals surface area contributed by atoms with Gasteiger partial charge in [-0.3, -0.25) is 4.79 Å². The first-order valence-corrected chi connectivity index (χ1v) is 10.4. The number of anilines is 1. The minimum absolute atomic E-state index is 0.285. The van der Waals surface area contributed by atoms with Gasteiger partial charge in [-0.15, -0.1) is 11.3 Å². The van der Waals surface area contributed by atoms with E-state index in [2.05, 4.69) is 10.3 Å². The number of aromatic nitrogens is 1. The van der Waals surface area contributed by atoms with Crippen LogP contribution in [-0.4, -0.2) is 18.0 Å². The number of hydrogen-bond donors (Lipinski definition) is 1. The van der Waals surface area contributed by atoms with Crippen molar-refractivity contribution in [3.63, 3.8) is 0 Å². The molecule has 1 aromatic heterocycles. The van der Waals surface area contributed by atoms with Gasteiger partial charge in [-0.05, 0) is 48.0 Å². The second-order valence-corrected chi connectivity index (χ2v) is 7.50. The van der Waals surface area contributed by atoms with Crippen molar-refractivity contribution in [3.05, 3.63) is 95.3 Å². The normalized spacial score (nSPS) is 10.5. The van der Waals surface area contributed by atoms with Gasteiger partial charge in [-0.25, -0.2) is 9.37 Å². The standard InChI is InChI=1S/C24H19FN2O3S/c1-29-22-13-17(7-12-21(22)30-14-16-5-3-2-4-6-16)24-27-20(15-31-24)23(28)26-19-10-8-18(25)9-11-19/h2-13,15H,14H2,1H3,(H,26,28). The van der Waals surface area contributed by atoms with E-state index in [1.807, 2.05) is 48.5 Å². The fourth-order valence-corrected chi connectivity index (χ4v) is 3.69. The quantitative estimate of drug-likeness (QED) is 0.400. The number of thiazole rings is 1. The second kappa shape index (κ2) is 9.40. The molecule has 1 N–H and O–H groups in total. The van der Waals surface area contributed by atoms with E-state index >= 15 is 0 Å². The Morgan fingerprint density at radius 2 is 1.81 bits per heavy atom. The number of carbonyl (C=O) groups is 1. The van der Waals surface area contributed by atoms with Crippen LogP contribution in [0.4, 0.5) is 10.1 Å². The predicted molar refractivity (Wildman–Crippen MR) is 119 cm³/mol. The van der Waals surface area contributed by atoms with E-state index < -0.39 is 0 Å². The summed E-state index contributed by atoms with van der Waals surface area (Å²) in [4.78, 5) is 16.9. The van der Waals surface area contributed by atoms with Crippen LogP contribution in [-0.2, 0) is 6.61 Å². The van der Waals surface area contributed by atoms with Gasteiger partial charge in [0.05, 0.1) is 7.11 Å². The lowest BCUT2D eigenvalue weighted by atomic mass is 10.2. The Hall–Kier alpha value is -3.71. The van der Waals surface area contributed by atoms with Gasteiger partial charge in [0.1, 0.15) is 23.1 Å². The van der Waals surface area contributed by atoms with Crippen LogP contribution in [0.25, 0.3) is 10.6 Å². The van der Waals surface area contributed by atoms with Gasteiger partial charge in [-0.2, -0.15) is 0 Å². The molecule has 0 saturated heterocycles. The SMILES string of the molecule is COc1cc(-c2nc(C(=O)Nc3ccc(F)cc3)cs2)ccc1OCc1ccccc1. The van der Waals surface area contributed by atoms with Gasteiger partial charge in [0.2, 0.25) is 0 Å². The van der Waals surface area contributed by atoms with E-state index in [0.717, 1.165) is 11.1 Å². The molecule has 0 aliphatic carbocycles. The third-order valence-corrected chi connectivity index (χ3v) is 5.38. The average molecular weight is 434 g/mol. The molecule has 3 aromatic carbocycles. The maximum Gasteiger partial charge on any atom is 0.275 e. The molecular weight excluding hydrogens is 415 g/mol. The van der Waals surface area contributed by atoms with Crippen molar-refractivity contribution in [1.29, 1.82) is 0 Å². The molecule has 31 heavy (non-hydrogen) atoms. The molecule has 0 unspecified atom stereocenters. The summed E-state index contributed by atoms with van der Waals surface area (Å²) in [6, 6.07) is 21.0. The Morgan fingerprint density at radius 3 is 2.55 bits per heavy atom. The zero-order valence-electron chi connectivity index (χ0n) is 16.7. The molecule has 1 heterocycles. The van der Waals surface area contributed by atoms with Crippen molar-refractivity contribution in [1.82, 2.24) is 4.98 Å². The summed E-state index contributed by atoms with van der Waals surface area (Å²) in [5, 5.41) is 5.07. The van der Waals surface area contributed by atoms with Crippen LogP contribution < -0.4 is 14.8 Å². The molecule has 0 aliphatic heterocycles. The van der Waals surface area contributed by atoms with E-state index in [9.17, 15) is 9.18 Å². The molecule has 0 fully saturated rings. The Morgan fingerprint density at radius 1 is 1.03 bits per heavy atom. The maximum atomic E-state index is 13.0. The average Bonchev–Trinajstić information content (AvgIpc) is 3.30. The number of carbonyl (C=O) groups excluding carboxylic acids is 1. The number of hydrogen-bond acceptors (Lipinski definition) is 5. The second-order valence-electron chi connectivity index (χ2n) is 6.64. The van der Waals surface area contributed by atoms with Crippen molar-refractivity contribution in [3.8, 4) is 22.1 Å². The monoisotopic (exact) mass is 434 g/mol. The zero-order valence-corrected chi connectivity index (χ0v) is 17.5. The van der Waals surface area contributed by atoms with E-state index in [-0.39, 0.29) is 17.4 Å². The van der Waals surface area contributed by atoms with E-state index in [1.54, 1.807) is 12.5 Å². The Kier molecular flexibility index (Phi) is 6.24. The molecule has 0 atom stereocenters. The number of halogens is 1. The van der Waals surface area contributed by atoms with E-state index in [4.69, 9.17) is 9.47 Å². The molecule has 0 radical (unpaired) electrons. The smallest absolute Gasteiger partial charge is 0.275 e. The number of nitrogens with zero attached hydrogens (tertiary/aromatic N) is 1. The molecular formula is C24H19FN2O3S. The number of methoxy groups -OCH3 is 1. The largest absolute Gasteiger partial charge is 0.493 e. The van der Waals surface area contributed by atoms with Crippen LogP contribution in [0.3, 0.4) is 0 Å². The van der Waals surface area contributed by atoms with Crippen LogP contribution in [0.5, 0.6) is 11.5 Å². The third kappa shape index (κ3) is 5.07. The molecule has 0 aliphatic rings. The number of rotatable bonds is 7. The molecule has 0 bridgehead atoms. The van der Waals surface area contributed by atoms with Gasteiger partial charge in [0, 0.05) is 16.6 Å². The van der Waals surface area contributed by atoms with Gasteiger partial charge >= 0.3 is 0 Å². The van der Waals surface area contributed by atoms with Crippen molar-refractivity contribution < 1.29 is 18.7 Å². The number of ether oxygens (including phenoxy) is 2. The van der Waals surface area contributed by atoms with Crippen LogP contribution in [0, 0.1) is 5.82 Å². The topological polar surface area (TPSA) is 60.5 Å². The Labute approximate surface area is 183 Å². The van der Waals surface area contributed by atoms with Crippen LogP contribution in [0.1, 0.15) is 16.1 Å². The summed E-state index contributed by atoms with van der Waals surface area (Å²) in [6.07, 6.45) is 0. The van der Waals surface area contributed by atoms with Crippen LogP contribution in [0.15, 0.2) is 78.2 Å². The lowest BCUT2D eigenvalue weighted by molar-refractivity contribution is 0.102. The van der Waals surface area contributed by atoms with Crippen molar-refractivity contribution in [2.24, 2.45) is 0 Å². The predicted octanol–water partition coefficient (Wildman–Crippen LogP) is 5.79. The van der Waals surface area contributed by atoms with Crippen LogP contribution in [0.2, 0.25) is 0 Å². The van der Waals surface area contributed by atoms with Crippen molar-refractivity contribution in [2.45, 2.75) is 6.61 Å². The highest BCUT2D eigenvalue weighted by atomic mass is 32.1. The summed E-state index contributed by atoms with van der Waals surface area (Å²) >= 11 is 1.35. The molecule has 4 aromatic rings. The molecule has 5 nitrogen and oxygen atoms in total. The molecule has 4 rings (SSSR count). The molecule has 1 amide bonds. The summed E-state index contributed by atoms with van der Waals surface area (Å²) in [5.41, 5.74) is 2.66. The summed E-state index contributed by atoms with van der Waals surface area (Å²) in [5.74, 6) is 0.491. The number of amides is 1. The fraction of sp³-hybridized carbons (Fsp3) is 0.0833. The van der Waals surface area contributed by atoms with Crippen molar-refractivity contribution in [2.75, 3.05) is 12.4 Å². The molecule has 7 heteroatoms. The first kappa shape index (κ1) is 20.6. The number of nitrogens with one attached hydrogen (secondary N) is 1. The van der Waals surface area contributed by atoms with E-state index in [0.29, 0.717) is 28.8 Å². The van der Waals surface area contributed by atoms with Gasteiger partial charge < -0.3 is 14.8 Å². The van der Waals surface area contributed by atoms with Crippen molar-refractivity contribution >= 4 is 22.9 Å². The number of benzene rings is 3. The first-order chi connectivity index (χ1) is 15.1. The lowest BCUT2D eigenvalue weighted by Gasteiger charge is -2.11. The molecule has 156 valence electrons. The Bertz CT molecular complexity index is 1180. The van der Waals surface area contributed by atoms with E-state index in [1.165, 1.54) is 35.6 Å². The summed E-state index contributed by atoms with van der Waals surface area (Å²) < 4.78 is 24.4. The minimum Gasteiger partial charge on any atom is -0.493 e. The van der Waals surface area contributed by atoms with Gasteiger partial charge in [0.15, 0.2) is 11.5 Å². The highest BCUT2D eigenvalue weighted by Crippen LogP contribution is 2.34. The summed E-state index contributed by atoms with van der Waals surface area (Å²) in [6.45, 7) is 0.432. The molecule has 0 spiro atoms. The molecule has 0 saturated carbocycles.